The van der Waals surface area contributed by atoms with E-state index in [0.29, 0.717) is 13.2 Å². The van der Waals surface area contributed by atoms with Crippen LogP contribution in [-0.4, -0.2) is 47.7 Å². The smallest absolute Gasteiger partial charge is 0.334 e. The second-order valence-corrected chi connectivity index (χ2v) is 2.66. The van der Waals surface area contributed by atoms with Gasteiger partial charge in [0.1, 0.15) is 0 Å². The third kappa shape index (κ3) is 1.94. The van der Waals surface area contributed by atoms with E-state index in [4.69, 9.17) is 9.84 Å². The molecule has 5 heteroatoms. The Morgan fingerprint density at radius 3 is 2.75 bits per heavy atom. The molecule has 1 aliphatic rings. The van der Waals surface area contributed by atoms with Crippen molar-refractivity contribution >= 4 is 11.9 Å². The number of morpholine rings is 1. The van der Waals surface area contributed by atoms with Gasteiger partial charge in [-0.3, -0.25) is 4.79 Å². The van der Waals surface area contributed by atoms with Crippen molar-refractivity contribution < 1.29 is 19.4 Å². The van der Waals surface area contributed by atoms with Crippen LogP contribution in [-0.2, 0) is 14.3 Å². The lowest BCUT2D eigenvalue weighted by atomic mass is 10.3. The molecule has 1 fully saturated rings. The molecule has 1 aliphatic heterocycles. The van der Waals surface area contributed by atoms with Gasteiger partial charge < -0.3 is 14.7 Å². The van der Waals surface area contributed by atoms with Crippen molar-refractivity contribution in [2.75, 3.05) is 19.7 Å². The van der Waals surface area contributed by atoms with Gasteiger partial charge in [0.25, 0.3) is 0 Å². The summed E-state index contributed by atoms with van der Waals surface area (Å²) in [6.45, 7) is 2.37. The molecule has 68 valence electrons. The number of carboxylic acid groups (broad SMARTS) is 1. The third-order valence-electron chi connectivity index (χ3n) is 1.79. The topological polar surface area (TPSA) is 66.8 Å². The summed E-state index contributed by atoms with van der Waals surface area (Å²) >= 11 is 0. The molecule has 0 aromatic heterocycles. The minimum atomic E-state index is -1.01. The van der Waals surface area contributed by atoms with Crippen molar-refractivity contribution in [2.45, 2.75) is 13.0 Å². The van der Waals surface area contributed by atoms with E-state index < -0.39 is 12.1 Å². The van der Waals surface area contributed by atoms with Crippen LogP contribution < -0.4 is 0 Å². The molecule has 0 aromatic rings. The molecule has 0 radical (unpaired) electrons. The molecular weight excluding hydrogens is 162 g/mol. The third-order valence-corrected chi connectivity index (χ3v) is 1.79. The summed E-state index contributed by atoms with van der Waals surface area (Å²) in [5.74, 6) is -1.12. The van der Waals surface area contributed by atoms with Crippen molar-refractivity contribution in [3.63, 3.8) is 0 Å². The zero-order valence-electron chi connectivity index (χ0n) is 6.82. The number of carboxylic acids is 1. The van der Waals surface area contributed by atoms with E-state index in [-0.39, 0.29) is 12.5 Å². The highest BCUT2D eigenvalue weighted by Gasteiger charge is 2.27. The van der Waals surface area contributed by atoms with Crippen LogP contribution in [0, 0.1) is 0 Å². The largest absolute Gasteiger partial charge is 0.479 e. The van der Waals surface area contributed by atoms with Crippen molar-refractivity contribution in [1.82, 2.24) is 4.90 Å². The molecule has 5 nitrogen and oxygen atoms in total. The normalized spacial score (nSPS) is 23.8. The number of hydrogen-bond acceptors (Lipinski definition) is 3. The number of amides is 1. The molecule has 0 aliphatic carbocycles. The molecular formula is C7H11NO4. The van der Waals surface area contributed by atoms with Crippen LogP contribution >= 0.6 is 0 Å². The van der Waals surface area contributed by atoms with Crippen molar-refractivity contribution in [3.05, 3.63) is 0 Å². The summed E-state index contributed by atoms with van der Waals surface area (Å²) in [5.41, 5.74) is 0. The van der Waals surface area contributed by atoms with Crippen molar-refractivity contribution in [2.24, 2.45) is 0 Å². The first-order valence-electron chi connectivity index (χ1n) is 3.71. The SMILES string of the molecule is CC(=O)N1CCO[C@@H](C(=O)O)C1. The second kappa shape index (κ2) is 3.53. The minimum Gasteiger partial charge on any atom is -0.479 e. The summed E-state index contributed by atoms with van der Waals surface area (Å²) in [5, 5.41) is 8.57. The Balaban J connectivity index is 2.51. The monoisotopic (exact) mass is 173 g/mol. The van der Waals surface area contributed by atoms with E-state index in [9.17, 15) is 9.59 Å². The van der Waals surface area contributed by atoms with Crippen LogP contribution in [0.4, 0.5) is 0 Å². The maximum absolute atomic E-state index is 10.8. The quantitative estimate of drug-likeness (QED) is 0.570. The van der Waals surface area contributed by atoms with Crippen LogP contribution in [0.3, 0.4) is 0 Å². The molecule has 1 heterocycles. The fourth-order valence-corrected chi connectivity index (χ4v) is 1.08. The number of carbonyl (C=O) groups excluding carboxylic acids is 1. The van der Waals surface area contributed by atoms with E-state index >= 15 is 0 Å². The Hall–Kier alpha value is -1.10. The van der Waals surface area contributed by atoms with Gasteiger partial charge in [0.2, 0.25) is 5.91 Å². The standard InChI is InChI=1S/C7H11NO4/c1-5(9)8-2-3-12-6(4-8)7(10)11/h6H,2-4H2,1H3,(H,10,11)/t6-/m1/s1. The number of nitrogens with zero attached hydrogens (tertiary/aromatic N) is 1. The van der Waals surface area contributed by atoms with Gasteiger partial charge >= 0.3 is 5.97 Å². The summed E-state index contributed by atoms with van der Waals surface area (Å²) in [4.78, 5) is 22.8. The van der Waals surface area contributed by atoms with E-state index in [1.807, 2.05) is 0 Å². The van der Waals surface area contributed by atoms with Crippen LogP contribution in [0.2, 0.25) is 0 Å². The van der Waals surface area contributed by atoms with Gasteiger partial charge in [0.15, 0.2) is 6.10 Å². The zero-order valence-corrected chi connectivity index (χ0v) is 6.82. The van der Waals surface area contributed by atoms with Gasteiger partial charge in [-0.25, -0.2) is 4.79 Å². The van der Waals surface area contributed by atoms with Gasteiger partial charge in [0, 0.05) is 13.5 Å². The Kier molecular flexibility index (Phi) is 2.65. The lowest BCUT2D eigenvalue weighted by Crippen LogP contribution is -2.47. The lowest BCUT2D eigenvalue weighted by molar-refractivity contribution is -0.158. The lowest BCUT2D eigenvalue weighted by Gasteiger charge is -2.29. The number of carbonyl (C=O) groups is 2. The Morgan fingerprint density at radius 1 is 1.58 bits per heavy atom. The average molecular weight is 173 g/mol. The number of ether oxygens (including phenoxy) is 1. The van der Waals surface area contributed by atoms with Gasteiger partial charge in [0.05, 0.1) is 13.2 Å². The fraction of sp³-hybridized carbons (Fsp3) is 0.714. The highest BCUT2D eigenvalue weighted by molar-refractivity contribution is 5.76. The van der Waals surface area contributed by atoms with E-state index in [0.717, 1.165) is 0 Å². The van der Waals surface area contributed by atoms with E-state index in [2.05, 4.69) is 0 Å². The molecule has 0 saturated carbocycles. The van der Waals surface area contributed by atoms with Crippen molar-refractivity contribution in [3.8, 4) is 0 Å². The first-order valence-corrected chi connectivity index (χ1v) is 3.71. The van der Waals surface area contributed by atoms with Gasteiger partial charge in [-0.05, 0) is 0 Å². The van der Waals surface area contributed by atoms with Crippen LogP contribution in [0.15, 0.2) is 0 Å². The van der Waals surface area contributed by atoms with Crippen LogP contribution in [0.5, 0.6) is 0 Å². The predicted octanol–water partition coefficient (Wildman–Crippen LogP) is -0.682. The Bertz CT molecular complexity index is 184. The molecule has 1 rings (SSSR count). The van der Waals surface area contributed by atoms with E-state index in [1.165, 1.54) is 11.8 Å². The van der Waals surface area contributed by atoms with Crippen molar-refractivity contribution in [1.29, 1.82) is 0 Å². The molecule has 1 saturated heterocycles. The highest BCUT2D eigenvalue weighted by atomic mass is 16.5. The summed E-state index contributed by atoms with van der Waals surface area (Å²) < 4.78 is 4.93. The fourth-order valence-electron chi connectivity index (χ4n) is 1.08. The zero-order chi connectivity index (χ0) is 9.14. The maximum Gasteiger partial charge on any atom is 0.334 e. The molecule has 0 spiro atoms. The molecule has 0 unspecified atom stereocenters. The summed E-state index contributed by atoms with van der Waals surface area (Å²) in [7, 11) is 0. The van der Waals surface area contributed by atoms with Gasteiger partial charge in [-0.1, -0.05) is 0 Å². The molecule has 1 N–H and O–H groups in total. The molecule has 0 bridgehead atoms. The molecule has 12 heavy (non-hydrogen) atoms. The van der Waals surface area contributed by atoms with Crippen LogP contribution in [0.25, 0.3) is 0 Å². The minimum absolute atomic E-state index is 0.107. The Labute approximate surface area is 69.9 Å². The van der Waals surface area contributed by atoms with Gasteiger partial charge in [-0.2, -0.15) is 0 Å². The number of aliphatic carboxylic acids is 1. The number of hydrogen-bond donors (Lipinski definition) is 1. The predicted molar refractivity (Wildman–Crippen MR) is 39.6 cm³/mol. The van der Waals surface area contributed by atoms with Crippen LogP contribution in [0.1, 0.15) is 6.92 Å². The Morgan fingerprint density at radius 2 is 2.25 bits per heavy atom. The summed E-state index contributed by atoms with van der Waals surface area (Å²) in [6, 6.07) is 0. The molecule has 1 atom stereocenters. The second-order valence-electron chi connectivity index (χ2n) is 2.66. The first-order chi connectivity index (χ1) is 5.61. The van der Waals surface area contributed by atoms with E-state index in [1.54, 1.807) is 0 Å². The molecule has 1 amide bonds. The maximum atomic E-state index is 10.8. The van der Waals surface area contributed by atoms with Gasteiger partial charge in [-0.15, -0.1) is 0 Å². The number of rotatable bonds is 1. The summed E-state index contributed by atoms with van der Waals surface area (Å²) in [6.07, 6.45) is -0.859. The first kappa shape index (κ1) is 8.99. The molecule has 0 aromatic carbocycles. The average Bonchev–Trinajstić information content (AvgIpc) is 2.04. The highest BCUT2D eigenvalue weighted by Crippen LogP contribution is 2.04.